The highest BCUT2D eigenvalue weighted by atomic mass is 15.0. The average Bonchev–Trinajstić information content (AvgIpc) is 2.78. The largest absolute Gasteiger partial charge is 0.343 e. The highest BCUT2D eigenvalue weighted by molar-refractivity contribution is 6.00. The van der Waals surface area contributed by atoms with Crippen LogP contribution in [0, 0.1) is 0 Å². The molecule has 0 fully saturated rings. The summed E-state index contributed by atoms with van der Waals surface area (Å²) in [5.74, 6) is 0. The fourth-order valence-corrected chi connectivity index (χ4v) is 3.73. The van der Waals surface area contributed by atoms with Gasteiger partial charge < -0.3 is 4.57 Å². The number of fused-ring (bicyclic) bond motifs is 7. The zero-order valence-corrected chi connectivity index (χ0v) is 13.4. The van der Waals surface area contributed by atoms with Gasteiger partial charge >= 0.3 is 0 Å². The van der Waals surface area contributed by atoms with Crippen molar-refractivity contribution in [3.8, 4) is 22.3 Å². The van der Waals surface area contributed by atoms with Gasteiger partial charge in [0, 0.05) is 30.3 Å². The van der Waals surface area contributed by atoms with Crippen LogP contribution in [-0.2, 0) is 7.05 Å². The van der Waals surface area contributed by atoms with E-state index in [4.69, 9.17) is 0 Å². The van der Waals surface area contributed by atoms with Crippen molar-refractivity contribution in [1.29, 1.82) is 0 Å². The van der Waals surface area contributed by atoms with Crippen molar-refractivity contribution < 1.29 is 0 Å². The van der Waals surface area contributed by atoms with Gasteiger partial charge in [-0.25, -0.2) is 0 Å². The van der Waals surface area contributed by atoms with Gasteiger partial charge in [0.1, 0.15) is 0 Å². The highest BCUT2D eigenvalue weighted by Gasteiger charge is 2.24. The van der Waals surface area contributed by atoms with E-state index in [0.717, 1.165) is 0 Å². The lowest BCUT2D eigenvalue weighted by molar-refractivity contribution is 0.904. The molecule has 1 aromatic heterocycles. The number of benzene rings is 2. The summed E-state index contributed by atoms with van der Waals surface area (Å²) in [6.45, 7) is 0. The number of hydrogen-bond acceptors (Lipinski definition) is 0. The van der Waals surface area contributed by atoms with E-state index in [2.05, 4.69) is 95.9 Å². The standard InChI is InChI=1S/C23H15N/c1-24-20-14-6-10-16-8-2-4-12-18(16)22(20)23-19-13-5-3-9-17(19)11-7-15-21(23)24/h2-5,8-15H,1H3. The monoisotopic (exact) mass is 305 g/mol. The molecule has 0 atom stereocenters. The first-order chi connectivity index (χ1) is 11.8. The molecule has 24 heavy (non-hydrogen) atoms. The Bertz CT molecular complexity index is 1040. The Morgan fingerprint density at radius 3 is 1.58 bits per heavy atom. The fraction of sp³-hybridized carbons (Fsp3) is 0.0435. The molecule has 0 radical (unpaired) electrons. The Hall–Kier alpha value is -3.24. The van der Waals surface area contributed by atoms with Crippen LogP contribution in [0.3, 0.4) is 0 Å². The number of aromatic nitrogens is 1. The van der Waals surface area contributed by atoms with Crippen LogP contribution in [0.2, 0.25) is 0 Å². The van der Waals surface area contributed by atoms with Crippen LogP contribution in [-0.4, -0.2) is 4.57 Å². The Morgan fingerprint density at radius 2 is 1.08 bits per heavy atom. The summed E-state index contributed by atoms with van der Waals surface area (Å²) in [4.78, 5) is 0. The van der Waals surface area contributed by atoms with E-state index in [1.54, 1.807) is 0 Å². The molecule has 0 bridgehead atoms. The summed E-state index contributed by atoms with van der Waals surface area (Å²) in [6, 6.07) is 17.1. The van der Waals surface area contributed by atoms with E-state index >= 15 is 0 Å². The molecule has 0 amide bonds. The highest BCUT2D eigenvalue weighted by Crippen LogP contribution is 2.45. The second-order valence-electron chi connectivity index (χ2n) is 6.16. The second-order valence-corrected chi connectivity index (χ2v) is 6.16. The third-order valence-electron chi connectivity index (χ3n) is 4.86. The molecule has 2 aromatic carbocycles. The van der Waals surface area contributed by atoms with Gasteiger partial charge in [0.25, 0.3) is 0 Å². The van der Waals surface area contributed by atoms with Gasteiger partial charge in [0.2, 0.25) is 0 Å². The summed E-state index contributed by atoms with van der Waals surface area (Å²) in [5.41, 5.74) is 16.6. The van der Waals surface area contributed by atoms with Crippen molar-refractivity contribution in [1.82, 2.24) is 4.57 Å². The van der Waals surface area contributed by atoms with Crippen LogP contribution in [0.5, 0.6) is 0 Å². The smallest absolute Gasteiger partial charge is 0.0573 e. The third kappa shape index (κ3) is 1.71. The minimum atomic E-state index is 1.19. The number of rotatable bonds is 0. The van der Waals surface area contributed by atoms with Crippen LogP contribution in [0.4, 0.5) is 0 Å². The van der Waals surface area contributed by atoms with Gasteiger partial charge in [-0.2, -0.15) is 0 Å². The molecular weight excluding hydrogens is 290 g/mol. The van der Waals surface area contributed by atoms with Gasteiger partial charge in [0.05, 0.1) is 11.4 Å². The number of nitrogens with zero attached hydrogens (tertiary/aromatic N) is 1. The van der Waals surface area contributed by atoms with E-state index in [9.17, 15) is 0 Å². The van der Waals surface area contributed by atoms with Crippen LogP contribution < -0.4 is 0 Å². The predicted octanol–water partition coefficient (Wildman–Crippen LogP) is 5.64. The van der Waals surface area contributed by atoms with E-state index < -0.39 is 0 Å². The molecule has 0 N–H and O–H groups in total. The maximum Gasteiger partial charge on any atom is 0.0573 e. The SMILES string of the molecule is Cn1c2c(c3c1C=C=Cc1ccccc1-3)-c1ccccc1C=C=C2. The molecule has 0 saturated carbocycles. The lowest BCUT2D eigenvalue weighted by Gasteiger charge is -2.11. The van der Waals surface area contributed by atoms with Crippen LogP contribution in [0.1, 0.15) is 22.5 Å². The fourth-order valence-electron chi connectivity index (χ4n) is 3.73. The molecule has 1 nitrogen and oxygen atoms in total. The Morgan fingerprint density at radius 1 is 0.625 bits per heavy atom. The van der Waals surface area contributed by atoms with Gasteiger partial charge in [-0.05, 0) is 34.4 Å². The molecule has 1 heteroatoms. The lowest BCUT2D eigenvalue weighted by atomic mass is 9.91. The van der Waals surface area contributed by atoms with Gasteiger partial charge in [0.15, 0.2) is 0 Å². The van der Waals surface area contributed by atoms with E-state index in [0.29, 0.717) is 0 Å². The van der Waals surface area contributed by atoms with Crippen LogP contribution >= 0.6 is 0 Å². The van der Waals surface area contributed by atoms with Gasteiger partial charge in [-0.1, -0.05) is 48.5 Å². The quantitative estimate of drug-likeness (QED) is 0.326. The van der Waals surface area contributed by atoms with E-state index in [1.807, 2.05) is 0 Å². The molecule has 3 aromatic rings. The molecular formula is C23H15N. The molecule has 0 unspecified atom stereocenters. The molecule has 112 valence electrons. The van der Waals surface area contributed by atoms with Gasteiger partial charge in [-0.15, -0.1) is 11.5 Å². The molecule has 0 aliphatic heterocycles. The Kier molecular flexibility index (Phi) is 2.69. The summed E-state index contributed by atoms with van der Waals surface area (Å²) >= 11 is 0. The number of hydrogen-bond donors (Lipinski definition) is 0. The maximum absolute atomic E-state index is 3.34. The zero-order valence-electron chi connectivity index (χ0n) is 13.4. The van der Waals surface area contributed by atoms with E-state index in [-0.39, 0.29) is 0 Å². The van der Waals surface area contributed by atoms with Crippen molar-refractivity contribution in [2.45, 2.75) is 0 Å². The average molecular weight is 305 g/mol. The van der Waals surface area contributed by atoms with Crippen molar-refractivity contribution in [2.75, 3.05) is 0 Å². The van der Waals surface area contributed by atoms with Crippen molar-refractivity contribution >= 4 is 24.3 Å². The normalized spacial score (nSPS) is 12.9. The third-order valence-corrected chi connectivity index (χ3v) is 4.86. The summed E-state index contributed by atoms with van der Waals surface area (Å²) in [5, 5.41) is 0. The van der Waals surface area contributed by atoms with Gasteiger partial charge in [-0.3, -0.25) is 0 Å². The van der Waals surface area contributed by atoms with Crippen molar-refractivity contribution in [3.63, 3.8) is 0 Å². The lowest BCUT2D eigenvalue weighted by Crippen LogP contribution is -1.93. The molecule has 1 heterocycles. The summed E-state index contributed by atoms with van der Waals surface area (Å²) < 4.78 is 2.25. The van der Waals surface area contributed by atoms with Crippen molar-refractivity contribution in [3.05, 3.63) is 82.5 Å². The molecule has 0 spiro atoms. The van der Waals surface area contributed by atoms with Crippen LogP contribution in [0.15, 0.2) is 60.0 Å². The Labute approximate surface area is 141 Å². The molecule has 0 saturated heterocycles. The van der Waals surface area contributed by atoms with Crippen molar-refractivity contribution in [2.24, 2.45) is 7.05 Å². The topological polar surface area (TPSA) is 4.93 Å². The zero-order chi connectivity index (χ0) is 16.1. The summed E-state index contributed by atoms with van der Waals surface area (Å²) in [7, 11) is 2.12. The van der Waals surface area contributed by atoms with E-state index in [1.165, 1.54) is 44.8 Å². The predicted molar refractivity (Wildman–Crippen MR) is 101 cm³/mol. The summed E-state index contributed by atoms with van der Waals surface area (Å²) in [6.07, 6.45) is 8.31. The maximum atomic E-state index is 3.34. The first kappa shape index (κ1) is 13.2. The minimum absolute atomic E-state index is 1.19. The van der Waals surface area contributed by atoms with Crippen LogP contribution in [0.25, 0.3) is 46.6 Å². The first-order valence-electron chi connectivity index (χ1n) is 8.11. The first-order valence-corrected chi connectivity index (χ1v) is 8.11. The second kappa shape index (κ2) is 4.88. The molecule has 5 rings (SSSR count). The minimum Gasteiger partial charge on any atom is -0.343 e. The Balaban J connectivity index is 1.99. The molecule has 2 aliphatic carbocycles. The molecule has 2 aliphatic rings.